The van der Waals surface area contributed by atoms with E-state index in [9.17, 15) is 9.59 Å². The van der Waals surface area contributed by atoms with Crippen LogP contribution in [0.25, 0.3) is 11.0 Å². The number of Topliss-reactive ketones (excluding diaryl/α,β-unsaturated/α-hetero) is 1. The van der Waals surface area contributed by atoms with Gasteiger partial charge in [-0.15, -0.1) is 0 Å². The number of benzene rings is 1. The van der Waals surface area contributed by atoms with Gasteiger partial charge in [0.15, 0.2) is 17.1 Å². The maximum atomic E-state index is 12.1. The summed E-state index contributed by atoms with van der Waals surface area (Å²) in [5.41, 5.74) is 1.24. The van der Waals surface area contributed by atoms with Crippen molar-refractivity contribution in [3.05, 3.63) is 54.1 Å². The van der Waals surface area contributed by atoms with Gasteiger partial charge in [-0.1, -0.05) is 17.3 Å². The van der Waals surface area contributed by atoms with Crippen molar-refractivity contribution in [2.75, 3.05) is 0 Å². The quantitative estimate of drug-likeness (QED) is 0.707. The molecule has 1 N–H and O–H groups in total. The van der Waals surface area contributed by atoms with Crippen LogP contribution >= 0.6 is 0 Å². The molecule has 1 amide bonds. The van der Waals surface area contributed by atoms with Crippen molar-refractivity contribution < 1.29 is 18.5 Å². The zero-order valence-electron chi connectivity index (χ0n) is 12.6. The molecule has 3 rings (SSSR count). The van der Waals surface area contributed by atoms with E-state index in [0.29, 0.717) is 17.0 Å². The lowest BCUT2D eigenvalue weighted by atomic mass is 10.1. The highest BCUT2D eigenvalue weighted by Gasteiger charge is 2.17. The number of carbonyl (C=O) groups excluding carboxylic acids is 2. The molecule has 6 heteroatoms. The highest BCUT2D eigenvalue weighted by Crippen LogP contribution is 2.18. The number of hydrogen-bond donors (Lipinski definition) is 1. The lowest BCUT2D eigenvalue weighted by Crippen LogP contribution is -2.35. The number of fused-ring (bicyclic) bond motifs is 1. The van der Waals surface area contributed by atoms with Crippen molar-refractivity contribution in [3.63, 3.8) is 0 Å². The molecule has 1 aromatic carbocycles. The maximum Gasteiger partial charge on any atom is 0.226 e. The average molecular weight is 312 g/mol. The lowest BCUT2D eigenvalue weighted by molar-refractivity contribution is -0.121. The molecule has 0 aliphatic carbocycles. The predicted octanol–water partition coefficient (Wildman–Crippen LogP) is 2.74. The Hall–Kier alpha value is -2.89. The third kappa shape index (κ3) is 3.48. The van der Waals surface area contributed by atoms with Gasteiger partial charge in [0.05, 0.1) is 12.7 Å². The molecule has 0 bridgehead atoms. The normalized spacial score (nSPS) is 12.2. The lowest BCUT2D eigenvalue weighted by Gasteiger charge is -2.11. The van der Waals surface area contributed by atoms with E-state index in [1.54, 1.807) is 25.1 Å². The van der Waals surface area contributed by atoms with Crippen LogP contribution in [0.1, 0.15) is 29.6 Å². The highest BCUT2D eigenvalue weighted by atomic mass is 16.5. The monoisotopic (exact) mass is 312 g/mol. The number of amides is 1. The van der Waals surface area contributed by atoms with E-state index in [2.05, 4.69) is 10.5 Å². The Morgan fingerprint density at radius 3 is 2.83 bits per heavy atom. The smallest absolute Gasteiger partial charge is 0.226 e. The molecule has 0 saturated heterocycles. The molecule has 23 heavy (non-hydrogen) atoms. The van der Waals surface area contributed by atoms with E-state index in [1.165, 1.54) is 6.26 Å². The number of carbonyl (C=O) groups is 2. The third-order valence-corrected chi connectivity index (χ3v) is 3.48. The second-order valence-electron chi connectivity index (χ2n) is 5.38. The fraction of sp³-hybridized carbons (Fsp3) is 0.235. The summed E-state index contributed by atoms with van der Waals surface area (Å²) in [5, 5.41) is 7.54. The molecule has 2 aromatic heterocycles. The van der Waals surface area contributed by atoms with Gasteiger partial charge in [-0.05, 0) is 31.2 Å². The number of hydrogen-bond acceptors (Lipinski definition) is 5. The van der Waals surface area contributed by atoms with E-state index >= 15 is 0 Å². The van der Waals surface area contributed by atoms with Crippen LogP contribution < -0.4 is 5.32 Å². The summed E-state index contributed by atoms with van der Waals surface area (Å²) in [6, 6.07) is 10.3. The van der Waals surface area contributed by atoms with Gasteiger partial charge in [0.25, 0.3) is 0 Å². The molecule has 0 radical (unpaired) electrons. The first-order chi connectivity index (χ1) is 11.1. The van der Waals surface area contributed by atoms with Crippen molar-refractivity contribution in [2.45, 2.75) is 25.8 Å². The van der Waals surface area contributed by atoms with Crippen LogP contribution in [-0.4, -0.2) is 22.9 Å². The number of nitrogens with one attached hydrogen (secondary N) is 1. The van der Waals surface area contributed by atoms with Crippen molar-refractivity contribution in [1.82, 2.24) is 10.5 Å². The van der Waals surface area contributed by atoms with Gasteiger partial charge in [-0.2, -0.15) is 0 Å². The van der Waals surface area contributed by atoms with Crippen LogP contribution in [0.3, 0.4) is 0 Å². The average Bonchev–Trinajstić information content (AvgIpc) is 3.17. The number of aromatic nitrogens is 1. The minimum atomic E-state index is -0.293. The molecule has 3 aromatic rings. The van der Waals surface area contributed by atoms with Crippen molar-refractivity contribution in [2.24, 2.45) is 0 Å². The molecule has 0 spiro atoms. The van der Waals surface area contributed by atoms with Crippen LogP contribution in [0, 0.1) is 0 Å². The summed E-state index contributed by atoms with van der Waals surface area (Å²) in [4.78, 5) is 24.0. The summed E-state index contributed by atoms with van der Waals surface area (Å²) in [7, 11) is 0. The fourth-order valence-electron chi connectivity index (χ4n) is 2.41. The van der Waals surface area contributed by atoms with Gasteiger partial charge < -0.3 is 14.3 Å². The van der Waals surface area contributed by atoms with Crippen LogP contribution in [0.2, 0.25) is 0 Å². The minimum Gasteiger partial charge on any atom is -0.461 e. The number of nitrogens with zero attached hydrogens (tertiary/aromatic N) is 1. The zero-order valence-corrected chi connectivity index (χ0v) is 12.6. The third-order valence-electron chi connectivity index (χ3n) is 3.48. The van der Waals surface area contributed by atoms with Crippen molar-refractivity contribution in [1.29, 1.82) is 0 Å². The molecule has 2 heterocycles. The molecule has 1 atom stereocenters. The number of furan rings is 1. The van der Waals surface area contributed by atoms with Gasteiger partial charge in [0.2, 0.25) is 5.91 Å². The summed E-state index contributed by atoms with van der Waals surface area (Å²) >= 11 is 0. The molecular formula is C17H16N2O4. The topological polar surface area (TPSA) is 85.3 Å². The summed E-state index contributed by atoms with van der Waals surface area (Å²) in [5.74, 6) is -0.0490. The van der Waals surface area contributed by atoms with Crippen LogP contribution in [-0.2, 0) is 11.2 Å². The first-order valence-electron chi connectivity index (χ1n) is 7.33. The Labute approximate surface area is 132 Å². The largest absolute Gasteiger partial charge is 0.461 e. The Kier molecular flexibility index (Phi) is 4.23. The molecule has 0 saturated carbocycles. The van der Waals surface area contributed by atoms with E-state index in [4.69, 9.17) is 8.94 Å². The first kappa shape index (κ1) is 15.0. The fourth-order valence-corrected chi connectivity index (χ4v) is 2.41. The Balaban J connectivity index is 1.57. The van der Waals surface area contributed by atoms with Gasteiger partial charge in [0, 0.05) is 17.8 Å². The van der Waals surface area contributed by atoms with E-state index in [-0.39, 0.29) is 30.6 Å². The Morgan fingerprint density at radius 1 is 1.22 bits per heavy atom. The molecule has 0 aliphatic heterocycles. The van der Waals surface area contributed by atoms with E-state index < -0.39 is 0 Å². The predicted molar refractivity (Wildman–Crippen MR) is 83.0 cm³/mol. The SMILES string of the molecule is C[C@H](CC(=O)c1ccco1)NC(=O)Cc1noc2ccccc12. The highest BCUT2D eigenvalue weighted by molar-refractivity contribution is 5.94. The van der Waals surface area contributed by atoms with E-state index in [0.717, 1.165) is 5.39 Å². The molecule has 6 nitrogen and oxygen atoms in total. The number of ketones is 1. The molecule has 0 unspecified atom stereocenters. The van der Waals surface area contributed by atoms with Gasteiger partial charge >= 0.3 is 0 Å². The Bertz CT molecular complexity index is 820. The van der Waals surface area contributed by atoms with Crippen LogP contribution in [0.4, 0.5) is 0 Å². The van der Waals surface area contributed by atoms with Crippen molar-refractivity contribution >= 4 is 22.7 Å². The van der Waals surface area contributed by atoms with Crippen LogP contribution in [0.15, 0.2) is 51.6 Å². The van der Waals surface area contributed by atoms with Gasteiger partial charge in [-0.25, -0.2) is 0 Å². The standard InChI is InChI=1S/C17H16N2O4/c1-11(9-14(20)16-7-4-8-22-16)18-17(21)10-13-12-5-2-3-6-15(12)23-19-13/h2-8,11H,9-10H2,1H3,(H,18,21)/t11-/m1/s1. The maximum absolute atomic E-state index is 12.1. The molecule has 118 valence electrons. The molecule has 0 fully saturated rings. The second-order valence-corrected chi connectivity index (χ2v) is 5.38. The summed E-state index contributed by atoms with van der Waals surface area (Å²) < 4.78 is 10.2. The summed E-state index contributed by atoms with van der Waals surface area (Å²) in [6.07, 6.45) is 1.74. The molecular weight excluding hydrogens is 296 g/mol. The number of para-hydroxylation sites is 1. The summed E-state index contributed by atoms with van der Waals surface area (Å²) in [6.45, 7) is 1.78. The zero-order chi connectivity index (χ0) is 16.2. The Morgan fingerprint density at radius 2 is 2.04 bits per heavy atom. The van der Waals surface area contributed by atoms with Crippen molar-refractivity contribution in [3.8, 4) is 0 Å². The van der Waals surface area contributed by atoms with E-state index in [1.807, 2.05) is 18.2 Å². The second kappa shape index (κ2) is 6.48. The van der Waals surface area contributed by atoms with Gasteiger partial charge in [0.1, 0.15) is 5.69 Å². The number of rotatable bonds is 6. The minimum absolute atomic E-state index is 0.107. The molecule has 0 aliphatic rings. The van der Waals surface area contributed by atoms with Gasteiger partial charge in [-0.3, -0.25) is 9.59 Å². The first-order valence-corrected chi connectivity index (χ1v) is 7.33. The van der Waals surface area contributed by atoms with Crippen LogP contribution in [0.5, 0.6) is 0 Å².